The molecule has 0 spiro atoms. The smallest absolute Gasteiger partial charge is 0.225 e. The Morgan fingerprint density at radius 1 is 1.50 bits per heavy atom. The molecule has 0 bridgehead atoms. The lowest BCUT2D eigenvalue weighted by Crippen LogP contribution is -2.49. The molecule has 1 aromatic rings. The summed E-state index contributed by atoms with van der Waals surface area (Å²) in [6, 6.07) is 5.29. The first-order valence-electron chi connectivity index (χ1n) is 4.36. The first-order valence-corrected chi connectivity index (χ1v) is 4.36. The van der Waals surface area contributed by atoms with Crippen molar-refractivity contribution in [2.45, 2.75) is 18.9 Å². The molecule has 1 aliphatic heterocycles. The summed E-state index contributed by atoms with van der Waals surface area (Å²) in [7, 11) is 0. The molecular formula is C9H10FN3O. The third-order valence-electron chi connectivity index (χ3n) is 2.00. The number of alkyl halides is 1. The second-order valence-electron chi connectivity index (χ2n) is 3.09. The summed E-state index contributed by atoms with van der Waals surface area (Å²) in [6.07, 6.45) is -0.350. The van der Waals surface area contributed by atoms with E-state index < -0.39 is 12.5 Å². The standard InChI is InChI=1S/C9H10FN3O/c10-7-5-8(14)13-9(12-7)6-3-1-2-4-11-6/h1-4,7,9,12H,5H2,(H,13,14). The van der Waals surface area contributed by atoms with Gasteiger partial charge in [0.2, 0.25) is 5.91 Å². The van der Waals surface area contributed by atoms with Crippen molar-refractivity contribution in [1.82, 2.24) is 15.6 Å². The minimum Gasteiger partial charge on any atom is -0.335 e. The van der Waals surface area contributed by atoms with Crippen molar-refractivity contribution < 1.29 is 9.18 Å². The van der Waals surface area contributed by atoms with Crippen LogP contribution >= 0.6 is 0 Å². The Bertz CT molecular complexity index is 330. The minimum absolute atomic E-state index is 0.136. The molecule has 5 heteroatoms. The van der Waals surface area contributed by atoms with Crippen molar-refractivity contribution in [3.8, 4) is 0 Å². The number of nitrogens with one attached hydrogen (secondary N) is 2. The van der Waals surface area contributed by atoms with Crippen LogP contribution in [0.5, 0.6) is 0 Å². The van der Waals surface area contributed by atoms with Gasteiger partial charge in [0.15, 0.2) is 6.30 Å². The average molecular weight is 195 g/mol. The van der Waals surface area contributed by atoms with E-state index in [1.807, 2.05) is 0 Å². The predicted octanol–water partition coefficient (Wildman–Crippen LogP) is 0.485. The zero-order valence-corrected chi connectivity index (χ0v) is 7.40. The van der Waals surface area contributed by atoms with Crippen molar-refractivity contribution in [1.29, 1.82) is 0 Å². The van der Waals surface area contributed by atoms with E-state index in [0.717, 1.165) is 0 Å². The molecule has 1 aliphatic rings. The molecule has 1 aromatic heterocycles. The van der Waals surface area contributed by atoms with E-state index in [-0.39, 0.29) is 12.3 Å². The van der Waals surface area contributed by atoms with Gasteiger partial charge in [-0.15, -0.1) is 0 Å². The Morgan fingerprint density at radius 2 is 2.36 bits per heavy atom. The molecule has 14 heavy (non-hydrogen) atoms. The molecule has 0 radical (unpaired) electrons. The van der Waals surface area contributed by atoms with E-state index in [0.29, 0.717) is 5.69 Å². The summed E-state index contributed by atoms with van der Waals surface area (Å²) in [5.74, 6) is -0.299. The maximum Gasteiger partial charge on any atom is 0.225 e. The largest absolute Gasteiger partial charge is 0.335 e. The highest BCUT2D eigenvalue weighted by molar-refractivity contribution is 5.77. The summed E-state index contributed by atoms with van der Waals surface area (Å²) in [4.78, 5) is 15.1. The maximum atomic E-state index is 13.0. The molecule has 2 heterocycles. The van der Waals surface area contributed by atoms with Gasteiger partial charge in [0, 0.05) is 6.20 Å². The second kappa shape index (κ2) is 3.71. The number of halogens is 1. The molecule has 1 saturated heterocycles. The summed E-state index contributed by atoms with van der Waals surface area (Å²) in [5.41, 5.74) is 0.614. The Morgan fingerprint density at radius 3 is 3.00 bits per heavy atom. The molecule has 74 valence electrons. The lowest BCUT2D eigenvalue weighted by molar-refractivity contribution is -0.126. The number of hydrogen-bond acceptors (Lipinski definition) is 3. The van der Waals surface area contributed by atoms with E-state index in [9.17, 15) is 9.18 Å². The van der Waals surface area contributed by atoms with Crippen LogP contribution in [0.1, 0.15) is 18.3 Å². The Labute approximate surface area is 80.5 Å². The summed E-state index contributed by atoms with van der Waals surface area (Å²) in [5, 5.41) is 5.21. The molecule has 1 amide bonds. The van der Waals surface area contributed by atoms with Gasteiger partial charge in [0.05, 0.1) is 12.1 Å². The van der Waals surface area contributed by atoms with Crippen LogP contribution < -0.4 is 10.6 Å². The number of carbonyl (C=O) groups is 1. The fraction of sp³-hybridized carbons (Fsp3) is 0.333. The fourth-order valence-electron chi connectivity index (χ4n) is 1.37. The number of aromatic nitrogens is 1. The number of nitrogens with zero attached hydrogens (tertiary/aromatic N) is 1. The highest BCUT2D eigenvalue weighted by Gasteiger charge is 2.26. The molecule has 2 rings (SSSR count). The number of carbonyl (C=O) groups excluding carboxylic acids is 1. The number of hydrogen-bond donors (Lipinski definition) is 2. The second-order valence-corrected chi connectivity index (χ2v) is 3.09. The van der Waals surface area contributed by atoms with Crippen molar-refractivity contribution in [2.24, 2.45) is 0 Å². The van der Waals surface area contributed by atoms with E-state index in [2.05, 4.69) is 15.6 Å². The van der Waals surface area contributed by atoms with Gasteiger partial charge >= 0.3 is 0 Å². The summed E-state index contributed by atoms with van der Waals surface area (Å²) >= 11 is 0. The van der Waals surface area contributed by atoms with Gasteiger partial charge in [0.25, 0.3) is 0 Å². The average Bonchev–Trinajstić information content (AvgIpc) is 2.18. The Kier molecular flexibility index (Phi) is 2.41. The van der Waals surface area contributed by atoms with Crippen molar-refractivity contribution in [2.75, 3.05) is 0 Å². The van der Waals surface area contributed by atoms with E-state index in [1.165, 1.54) is 0 Å². The molecule has 4 nitrogen and oxygen atoms in total. The molecular weight excluding hydrogens is 185 g/mol. The first-order chi connectivity index (χ1) is 6.75. The SMILES string of the molecule is O=C1CC(F)NC(c2ccccn2)N1. The van der Waals surface area contributed by atoms with Gasteiger partial charge in [-0.3, -0.25) is 15.1 Å². The molecule has 0 saturated carbocycles. The van der Waals surface area contributed by atoms with Crippen molar-refractivity contribution in [3.63, 3.8) is 0 Å². The van der Waals surface area contributed by atoms with Gasteiger partial charge in [-0.25, -0.2) is 4.39 Å². The Balaban J connectivity index is 2.15. The van der Waals surface area contributed by atoms with Gasteiger partial charge in [0.1, 0.15) is 6.17 Å². The molecule has 2 N–H and O–H groups in total. The Hall–Kier alpha value is -1.49. The number of rotatable bonds is 1. The van der Waals surface area contributed by atoms with Crippen molar-refractivity contribution in [3.05, 3.63) is 30.1 Å². The molecule has 0 aliphatic carbocycles. The van der Waals surface area contributed by atoms with Crippen LogP contribution in [0.2, 0.25) is 0 Å². The number of pyridine rings is 1. The lowest BCUT2D eigenvalue weighted by Gasteiger charge is -2.26. The maximum absolute atomic E-state index is 13.0. The zero-order valence-electron chi connectivity index (χ0n) is 7.40. The van der Waals surface area contributed by atoms with Crippen LogP contribution in [-0.2, 0) is 4.79 Å². The lowest BCUT2D eigenvalue weighted by atomic mass is 10.2. The normalized spacial score (nSPS) is 27.1. The van der Waals surface area contributed by atoms with Crippen LogP contribution in [0.4, 0.5) is 4.39 Å². The monoisotopic (exact) mass is 195 g/mol. The van der Waals surface area contributed by atoms with Crippen LogP contribution in [0, 0.1) is 0 Å². The molecule has 2 atom stereocenters. The summed E-state index contributed by atoms with van der Waals surface area (Å²) < 4.78 is 13.0. The van der Waals surface area contributed by atoms with E-state index in [4.69, 9.17) is 0 Å². The highest BCUT2D eigenvalue weighted by Crippen LogP contribution is 2.13. The topological polar surface area (TPSA) is 54.0 Å². The number of amides is 1. The van der Waals surface area contributed by atoms with Crippen molar-refractivity contribution >= 4 is 5.91 Å². The molecule has 1 fully saturated rings. The zero-order chi connectivity index (χ0) is 9.97. The van der Waals surface area contributed by atoms with Crippen LogP contribution in [0.3, 0.4) is 0 Å². The first kappa shape index (κ1) is 9.08. The quantitative estimate of drug-likeness (QED) is 0.641. The van der Waals surface area contributed by atoms with Crippen LogP contribution in [-0.4, -0.2) is 17.2 Å². The highest BCUT2D eigenvalue weighted by atomic mass is 19.1. The van der Waals surface area contributed by atoms with E-state index >= 15 is 0 Å². The molecule has 2 unspecified atom stereocenters. The summed E-state index contributed by atoms with van der Waals surface area (Å²) in [6.45, 7) is 0. The van der Waals surface area contributed by atoms with Gasteiger partial charge in [-0.05, 0) is 12.1 Å². The van der Waals surface area contributed by atoms with Crippen LogP contribution in [0.25, 0.3) is 0 Å². The van der Waals surface area contributed by atoms with Crippen LogP contribution in [0.15, 0.2) is 24.4 Å². The van der Waals surface area contributed by atoms with Gasteiger partial charge < -0.3 is 5.32 Å². The molecule has 0 aromatic carbocycles. The van der Waals surface area contributed by atoms with Gasteiger partial charge in [-0.2, -0.15) is 0 Å². The third kappa shape index (κ3) is 1.88. The van der Waals surface area contributed by atoms with Gasteiger partial charge in [-0.1, -0.05) is 6.07 Å². The third-order valence-corrected chi connectivity index (χ3v) is 2.00. The van der Waals surface area contributed by atoms with E-state index in [1.54, 1.807) is 24.4 Å². The predicted molar refractivity (Wildman–Crippen MR) is 47.8 cm³/mol. The minimum atomic E-state index is -1.30. The fourth-order valence-corrected chi connectivity index (χ4v) is 1.37.